The molecule has 0 radical (unpaired) electrons. The highest BCUT2D eigenvalue weighted by Crippen LogP contribution is 2.25. The molecule has 154 valence electrons. The van der Waals surface area contributed by atoms with Gasteiger partial charge in [-0.1, -0.05) is 0 Å². The number of rotatable bonds is 7. The van der Waals surface area contributed by atoms with Crippen LogP contribution in [0.4, 0.5) is 0 Å². The van der Waals surface area contributed by atoms with Crippen LogP contribution in [0.3, 0.4) is 0 Å². The quantitative estimate of drug-likeness (QED) is 0.485. The minimum Gasteiger partial charge on any atom is -0.463 e. The Morgan fingerprint density at radius 2 is 1.18 bits per heavy atom. The third-order valence-corrected chi connectivity index (χ3v) is 4.62. The van der Waals surface area contributed by atoms with Crippen LogP contribution in [0.2, 0.25) is 0 Å². The predicted molar refractivity (Wildman–Crippen MR) is 101 cm³/mol. The molecule has 0 spiro atoms. The topological polar surface area (TPSA) is 93.2 Å². The summed E-state index contributed by atoms with van der Waals surface area (Å²) in [7, 11) is 0. The molecule has 0 atom stereocenters. The summed E-state index contributed by atoms with van der Waals surface area (Å²) in [4.78, 5) is 51.5. The van der Waals surface area contributed by atoms with Crippen molar-refractivity contribution in [2.45, 2.75) is 52.4 Å². The molecule has 8 nitrogen and oxygen atoms in total. The third-order valence-electron chi connectivity index (χ3n) is 4.62. The molecule has 2 heterocycles. The molecule has 2 amide bonds. The molecule has 0 saturated carbocycles. The van der Waals surface area contributed by atoms with E-state index in [9.17, 15) is 19.2 Å². The normalized spacial score (nSPS) is 19.4. The van der Waals surface area contributed by atoms with Crippen molar-refractivity contribution in [1.29, 1.82) is 0 Å². The molecule has 28 heavy (non-hydrogen) atoms. The summed E-state index contributed by atoms with van der Waals surface area (Å²) < 4.78 is 9.80. The zero-order valence-corrected chi connectivity index (χ0v) is 16.6. The van der Waals surface area contributed by atoms with Gasteiger partial charge < -0.3 is 19.3 Å². The fourth-order valence-corrected chi connectivity index (χ4v) is 3.39. The van der Waals surface area contributed by atoms with E-state index < -0.39 is 11.9 Å². The molecule has 2 saturated heterocycles. The Balaban J connectivity index is 1.92. The Kier molecular flexibility index (Phi) is 8.22. The second-order valence-corrected chi connectivity index (χ2v) is 6.57. The summed E-state index contributed by atoms with van der Waals surface area (Å²) in [5.41, 5.74) is 1.28. The molecule has 0 bridgehead atoms. The average molecular weight is 392 g/mol. The lowest BCUT2D eigenvalue weighted by Gasteiger charge is -2.20. The maximum absolute atomic E-state index is 12.5. The first-order valence-electron chi connectivity index (χ1n) is 9.81. The van der Waals surface area contributed by atoms with E-state index in [0.29, 0.717) is 37.3 Å². The van der Waals surface area contributed by atoms with Crippen molar-refractivity contribution < 1.29 is 28.7 Å². The van der Waals surface area contributed by atoms with Crippen LogP contribution in [0.5, 0.6) is 0 Å². The fourth-order valence-electron chi connectivity index (χ4n) is 3.39. The highest BCUT2D eigenvalue weighted by atomic mass is 16.5. The van der Waals surface area contributed by atoms with Crippen LogP contribution in [-0.4, -0.2) is 59.9 Å². The molecule has 8 heteroatoms. The number of likely N-dealkylation sites (tertiary alicyclic amines) is 2. The van der Waals surface area contributed by atoms with Gasteiger partial charge in [0.25, 0.3) is 0 Å². The molecule has 0 N–H and O–H groups in total. The second-order valence-electron chi connectivity index (χ2n) is 6.57. The average Bonchev–Trinajstić information content (AvgIpc) is 3.29. The van der Waals surface area contributed by atoms with Gasteiger partial charge in [-0.05, 0) is 39.5 Å². The number of amides is 2. The monoisotopic (exact) mass is 392 g/mol. The summed E-state index contributed by atoms with van der Waals surface area (Å²) in [6, 6.07) is 0. The van der Waals surface area contributed by atoms with E-state index >= 15 is 0 Å². The largest absolute Gasteiger partial charge is 0.463 e. The lowest BCUT2D eigenvalue weighted by Crippen LogP contribution is -2.31. The van der Waals surface area contributed by atoms with Gasteiger partial charge in [-0.2, -0.15) is 0 Å². The molecular weight excluding hydrogens is 364 g/mol. The molecule has 0 aromatic rings. The van der Waals surface area contributed by atoms with Crippen LogP contribution in [0.25, 0.3) is 0 Å². The van der Waals surface area contributed by atoms with E-state index in [-0.39, 0.29) is 37.9 Å². The molecule has 2 fully saturated rings. The van der Waals surface area contributed by atoms with Gasteiger partial charge in [0.15, 0.2) is 0 Å². The van der Waals surface area contributed by atoms with E-state index in [4.69, 9.17) is 9.47 Å². The van der Waals surface area contributed by atoms with E-state index in [1.54, 1.807) is 23.6 Å². The van der Waals surface area contributed by atoms with Gasteiger partial charge in [0, 0.05) is 49.5 Å². The van der Waals surface area contributed by atoms with Gasteiger partial charge in [0.05, 0.1) is 13.2 Å². The Morgan fingerprint density at radius 3 is 1.54 bits per heavy atom. The van der Waals surface area contributed by atoms with Crippen molar-refractivity contribution in [3.8, 4) is 0 Å². The van der Waals surface area contributed by atoms with Gasteiger partial charge in [-0.25, -0.2) is 9.59 Å². The smallest absolute Gasteiger partial charge is 0.332 e. The maximum Gasteiger partial charge on any atom is 0.332 e. The Bertz CT molecular complexity index is 624. The minimum absolute atomic E-state index is 0.0577. The number of hydrogen-bond donors (Lipinski definition) is 0. The van der Waals surface area contributed by atoms with Crippen LogP contribution < -0.4 is 0 Å². The molecule has 2 aliphatic rings. The number of ether oxygens (including phenoxy) is 2. The summed E-state index contributed by atoms with van der Waals surface area (Å²) >= 11 is 0. The number of carbonyl (C=O) groups is 4. The Labute approximate surface area is 165 Å². The number of esters is 2. The zero-order valence-electron chi connectivity index (χ0n) is 16.6. The van der Waals surface area contributed by atoms with Crippen molar-refractivity contribution in [2.75, 3.05) is 26.3 Å². The lowest BCUT2D eigenvalue weighted by molar-refractivity contribution is -0.138. The van der Waals surface area contributed by atoms with Gasteiger partial charge in [0.2, 0.25) is 11.8 Å². The third kappa shape index (κ3) is 5.94. The first-order valence-corrected chi connectivity index (χ1v) is 9.81. The van der Waals surface area contributed by atoms with Gasteiger partial charge in [-0.15, -0.1) is 0 Å². The SMILES string of the molecule is CCOC(=O)/C=C1\CCCN1C(=O)CCC(=O)N1CCC/C1=C\C(=O)OCC. The number of nitrogens with zero attached hydrogens (tertiary/aromatic N) is 2. The van der Waals surface area contributed by atoms with E-state index in [1.165, 1.54) is 12.2 Å². The summed E-state index contributed by atoms with van der Waals surface area (Å²) in [6.07, 6.45) is 5.67. The van der Waals surface area contributed by atoms with Crippen molar-refractivity contribution >= 4 is 23.8 Å². The molecule has 0 aromatic carbocycles. The van der Waals surface area contributed by atoms with E-state index in [0.717, 1.165) is 12.8 Å². The van der Waals surface area contributed by atoms with Gasteiger partial charge in [-0.3, -0.25) is 9.59 Å². The highest BCUT2D eigenvalue weighted by molar-refractivity contribution is 5.89. The Morgan fingerprint density at radius 1 is 0.786 bits per heavy atom. The summed E-state index contributed by atoms with van der Waals surface area (Å²) in [6.45, 7) is 5.09. The lowest BCUT2D eigenvalue weighted by atomic mass is 10.2. The number of allylic oxidation sites excluding steroid dienone is 2. The standard InChI is InChI=1S/C20H28N2O6/c1-3-27-19(25)13-15-7-5-11-21(15)17(23)9-10-18(24)22-12-6-8-16(22)14-20(26)28-4-2/h13-14H,3-12H2,1-2H3/b15-13+,16-14+. The predicted octanol–water partition coefficient (Wildman–Crippen LogP) is 1.91. The van der Waals surface area contributed by atoms with Crippen molar-refractivity contribution in [3.05, 3.63) is 23.5 Å². The molecule has 0 aromatic heterocycles. The molecule has 2 aliphatic heterocycles. The first kappa shape index (κ1) is 21.7. The number of carbonyl (C=O) groups excluding carboxylic acids is 4. The maximum atomic E-state index is 12.5. The molecule has 2 rings (SSSR count). The van der Waals surface area contributed by atoms with Crippen LogP contribution in [0, 0.1) is 0 Å². The van der Waals surface area contributed by atoms with Gasteiger partial charge in [0.1, 0.15) is 0 Å². The van der Waals surface area contributed by atoms with E-state index in [1.807, 2.05) is 0 Å². The zero-order chi connectivity index (χ0) is 20.5. The van der Waals surface area contributed by atoms with Gasteiger partial charge >= 0.3 is 11.9 Å². The highest BCUT2D eigenvalue weighted by Gasteiger charge is 2.28. The van der Waals surface area contributed by atoms with Crippen LogP contribution in [0.15, 0.2) is 23.5 Å². The van der Waals surface area contributed by atoms with Crippen molar-refractivity contribution in [1.82, 2.24) is 9.80 Å². The van der Waals surface area contributed by atoms with Crippen LogP contribution in [0.1, 0.15) is 52.4 Å². The summed E-state index contributed by atoms with van der Waals surface area (Å²) in [5.74, 6) is -1.29. The van der Waals surface area contributed by atoms with Crippen molar-refractivity contribution in [2.24, 2.45) is 0 Å². The van der Waals surface area contributed by atoms with Crippen LogP contribution >= 0.6 is 0 Å². The van der Waals surface area contributed by atoms with Crippen molar-refractivity contribution in [3.63, 3.8) is 0 Å². The molecule has 0 unspecified atom stereocenters. The fraction of sp³-hybridized carbons (Fsp3) is 0.600. The second kappa shape index (κ2) is 10.6. The molecule has 0 aliphatic carbocycles. The number of hydrogen-bond acceptors (Lipinski definition) is 6. The Hall–Kier alpha value is -2.64. The van der Waals surface area contributed by atoms with Crippen LogP contribution in [-0.2, 0) is 28.7 Å². The molecular formula is C20H28N2O6. The minimum atomic E-state index is -0.459. The van der Waals surface area contributed by atoms with E-state index in [2.05, 4.69) is 0 Å². The summed E-state index contributed by atoms with van der Waals surface area (Å²) in [5, 5.41) is 0. The first-order chi connectivity index (χ1) is 13.5.